The Bertz CT molecular complexity index is 1310. The molecule has 9 nitrogen and oxygen atoms in total. The number of unbranched alkanes of at least 4 members (excludes halogenated alkanes) is 3. The summed E-state index contributed by atoms with van der Waals surface area (Å²) in [7, 11) is 8.52. The number of benzene rings is 2. The van der Waals surface area contributed by atoms with Gasteiger partial charge in [-0.15, -0.1) is 9.24 Å². The Kier molecular flexibility index (Phi) is 15.7. The van der Waals surface area contributed by atoms with Crippen LogP contribution in [0.25, 0.3) is 0 Å². The zero-order valence-electron chi connectivity index (χ0n) is 27.8. The summed E-state index contributed by atoms with van der Waals surface area (Å²) in [6, 6.07) is 13.3. The van der Waals surface area contributed by atoms with E-state index >= 15 is 0 Å². The second-order valence-electron chi connectivity index (χ2n) is 12.2. The first-order valence-electron chi connectivity index (χ1n) is 16.2. The second-order valence-corrected chi connectivity index (χ2v) is 14.7. The Morgan fingerprint density at radius 1 is 1.02 bits per heavy atom. The van der Waals surface area contributed by atoms with E-state index in [1.807, 2.05) is 62.4 Å². The zero-order valence-corrected chi connectivity index (χ0v) is 29.8. The van der Waals surface area contributed by atoms with Crippen LogP contribution in [0.15, 0.2) is 47.4 Å². The Morgan fingerprint density at radius 3 is 2.47 bits per heavy atom. The number of fused-ring (bicyclic) bond motifs is 1. The maximum absolute atomic E-state index is 13.3. The monoisotopic (exact) mass is 662 g/mol. The Morgan fingerprint density at radius 2 is 1.78 bits per heavy atom. The summed E-state index contributed by atoms with van der Waals surface area (Å²) in [5.41, 5.74) is 3.50. The summed E-state index contributed by atoms with van der Waals surface area (Å²) in [4.78, 5) is 15.2. The second kappa shape index (κ2) is 18.9. The van der Waals surface area contributed by atoms with Gasteiger partial charge in [-0.25, -0.2) is 8.42 Å². The first-order chi connectivity index (χ1) is 21.6. The fourth-order valence-electron chi connectivity index (χ4n) is 5.97. The maximum Gasteiger partial charge on any atom is 0.224 e. The predicted octanol–water partition coefficient (Wildman–Crippen LogP) is 4.81. The smallest absolute Gasteiger partial charge is 0.224 e. The molecule has 0 fully saturated rings. The van der Waals surface area contributed by atoms with E-state index in [4.69, 9.17) is 9.47 Å². The number of rotatable bonds is 19. The van der Waals surface area contributed by atoms with Crippen molar-refractivity contribution in [2.45, 2.75) is 80.4 Å². The van der Waals surface area contributed by atoms with Gasteiger partial charge in [-0.3, -0.25) is 4.79 Å². The van der Waals surface area contributed by atoms with Gasteiger partial charge in [0.15, 0.2) is 9.84 Å². The van der Waals surface area contributed by atoms with Crippen molar-refractivity contribution in [1.82, 2.24) is 10.6 Å². The Hall–Kier alpha value is -2.07. The maximum atomic E-state index is 13.3. The van der Waals surface area contributed by atoms with E-state index in [-0.39, 0.29) is 35.8 Å². The molecule has 11 heteroatoms. The van der Waals surface area contributed by atoms with Gasteiger partial charge in [0.2, 0.25) is 5.91 Å². The molecule has 0 saturated carbocycles. The van der Waals surface area contributed by atoms with Crippen molar-refractivity contribution >= 4 is 36.4 Å². The average molecular weight is 663 g/mol. The topological polar surface area (TPSA) is 109 Å². The molecule has 2 aromatic carbocycles. The lowest BCUT2D eigenvalue weighted by Gasteiger charge is -2.23. The minimum absolute atomic E-state index is 0.00237. The lowest BCUT2D eigenvalue weighted by molar-refractivity contribution is -0.116. The summed E-state index contributed by atoms with van der Waals surface area (Å²) < 4.78 is 37.7. The first-order valence-corrected chi connectivity index (χ1v) is 18.7. The molecule has 1 aliphatic rings. The van der Waals surface area contributed by atoms with Crippen LogP contribution >= 0.6 is 9.24 Å². The van der Waals surface area contributed by atoms with Crippen LogP contribution in [0.4, 0.5) is 11.4 Å². The van der Waals surface area contributed by atoms with Gasteiger partial charge in [-0.2, -0.15) is 0 Å². The standard InChI is InChI=1S/C34H55N4O5PS/c1-35-27-20-31(32-21-28(38(2)3)14-15-33(32)45(40,41)24-27)25-11-10-12-26(19-25)37-34(39)13-8-6-7-9-17-36-18-16-29(42-4)22-30(23-44)43-5/h10-12,14-15,19,21,27,29-31,35-36H,6-9,13,16-18,20,22-24,44H2,1-5H3,(H,37,39)/t27-,29-,30+,31-/m1/s1. The highest BCUT2D eigenvalue weighted by atomic mass is 32.2. The van der Waals surface area contributed by atoms with E-state index in [0.29, 0.717) is 17.7 Å². The van der Waals surface area contributed by atoms with Crippen molar-refractivity contribution in [2.75, 3.05) is 70.6 Å². The predicted molar refractivity (Wildman–Crippen MR) is 189 cm³/mol. The third-order valence-corrected chi connectivity index (χ3v) is 11.2. The number of hydrogen-bond acceptors (Lipinski definition) is 8. The third kappa shape index (κ3) is 11.6. The molecule has 1 heterocycles. The number of nitrogens with one attached hydrogen (secondary N) is 3. The van der Waals surface area contributed by atoms with E-state index < -0.39 is 9.84 Å². The molecule has 0 aliphatic carbocycles. The number of sulfone groups is 1. The van der Waals surface area contributed by atoms with Gasteiger partial charge < -0.3 is 30.3 Å². The molecule has 1 unspecified atom stereocenters. The molecule has 1 amide bonds. The minimum atomic E-state index is -3.45. The highest BCUT2D eigenvalue weighted by Gasteiger charge is 2.34. The average Bonchev–Trinajstić information content (AvgIpc) is 3.14. The summed E-state index contributed by atoms with van der Waals surface area (Å²) >= 11 is 0. The van der Waals surface area contributed by atoms with E-state index in [0.717, 1.165) is 80.3 Å². The van der Waals surface area contributed by atoms with Crippen LogP contribution in [-0.4, -0.2) is 92.9 Å². The summed E-state index contributed by atoms with van der Waals surface area (Å²) in [6.07, 6.45) is 8.30. The number of nitrogens with zero attached hydrogens (tertiary/aromatic N) is 1. The summed E-state index contributed by atoms with van der Waals surface area (Å²) in [5.74, 6) is -0.0660. The van der Waals surface area contributed by atoms with Crippen LogP contribution in [-0.2, 0) is 24.1 Å². The first kappa shape index (κ1) is 37.4. The lowest BCUT2D eigenvalue weighted by Crippen LogP contribution is -2.32. The molecule has 0 radical (unpaired) electrons. The van der Waals surface area contributed by atoms with Gasteiger partial charge in [0.05, 0.1) is 22.9 Å². The number of hydrogen-bond donors (Lipinski definition) is 3. The molecule has 45 heavy (non-hydrogen) atoms. The molecule has 1 aliphatic heterocycles. The van der Waals surface area contributed by atoms with E-state index in [2.05, 4.69) is 25.2 Å². The number of anilines is 2. The largest absolute Gasteiger partial charge is 0.381 e. The quantitative estimate of drug-likeness (QED) is 0.145. The van der Waals surface area contributed by atoms with Crippen LogP contribution in [0.1, 0.15) is 68.4 Å². The number of amides is 1. The molecule has 3 rings (SSSR count). The van der Waals surface area contributed by atoms with Crippen molar-refractivity contribution in [1.29, 1.82) is 0 Å². The number of methoxy groups -OCH3 is 2. The number of ether oxygens (including phenoxy) is 2. The third-order valence-electron chi connectivity index (χ3n) is 8.75. The molecular weight excluding hydrogens is 607 g/mol. The van der Waals surface area contributed by atoms with Crippen LogP contribution in [0.5, 0.6) is 0 Å². The number of carbonyl (C=O) groups excluding carboxylic acids is 1. The van der Waals surface area contributed by atoms with Crippen molar-refractivity contribution < 1.29 is 22.7 Å². The van der Waals surface area contributed by atoms with E-state index in [1.54, 1.807) is 20.3 Å². The molecule has 2 aromatic rings. The van der Waals surface area contributed by atoms with Gasteiger partial charge in [0.1, 0.15) is 0 Å². The van der Waals surface area contributed by atoms with Gasteiger partial charge in [-0.05, 0) is 93.4 Å². The molecular formula is C34H55N4O5PS. The minimum Gasteiger partial charge on any atom is -0.381 e. The van der Waals surface area contributed by atoms with Crippen LogP contribution in [0, 0.1) is 0 Å². The van der Waals surface area contributed by atoms with E-state index in [9.17, 15) is 13.2 Å². The summed E-state index contributed by atoms with van der Waals surface area (Å²) in [6.45, 7) is 1.88. The van der Waals surface area contributed by atoms with Crippen molar-refractivity contribution in [3.63, 3.8) is 0 Å². The SMILES string of the molecule is CN[C@@H]1C[C@H](c2cccc(NC(=O)CCCCCCNCC[C@H](C[C@@H](CP)OC)OC)c2)c2cc(N(C)C)ccc2S(=O)(=O)C1. The Balaban J connectivity index is 1.49. The molecule has 252 valence electrons. The lowest BCUT2D eigenvalue weighted by atomic mass is 9.85. The molecule has 0 saturated heterocycles. The molecule has 5 atom stereocenters. The summed E-state index contributed by atoms with van der Waals surface area (Å²) in [5, 5.41) is 9.79. The van der Waals surface area contributed by atoms with Gasteiger partial charge in [-0.1, -0.05) is 25.0 Å². The molecule has 0 aromatic heterocycles. The van der Waals surface area contributed by atoms with Crippen LogP contribution in [0.2, 0.25) is 0 Å². The van der Waals surface area contributed by atoms with Gasteiger partial charge in [0.25, 0.3) is 0 Å². The van der Waals surface area contributed by atoms with Crippen molar-refractivity contribution in [3.05, 3.63) is 53.6 Å². The van der Waals surface area contributed by atoms with Gasteiger partial charge >= 0.3 is 0 Å². The molecule has 3 N–H and O–H groups in total. The van der Waals surface area contributed by atoms with Crippen molar-refractivity contribution in [2.24, 2.45) is 0 Å². The normalized spacial score (nSPS) is 18.9. The fourth-order valence-corrected chi connectivity index (χ4v) is 8.20. The highest BCUT2D eigenvalue weighted by Crippen LogP contribution is 2.39. The Labute approximate surface area is 273 Å². The number of carbonyl (C=O) groups is 1. The molecule has 0 spiro atoms. The van der Waals surface area contributed by atoms with Gasteiger partial charge in [0, 0.05) is 64.5 Å². The van der Waals surface area contributed by atoms with Crippen LogP contribution in [0.3, 0.4) is 0 Å². The van der Waals surface area contributed by atoms with Crippen molar-refractivity contribution in [3.8, 4) is 0 Å². The van der Waals surface area contributed by atoms with Crippen LogP contribution < -0.4 is 20.9 Å². The highest BCUT2D eigenvalue weighted by molar-refractivity contribution is 7.91. The zero-order chi connectivity index (χ0) is 32.8. The fraction of sp³-hybridized carbons (Fsp3) is 0.618. The molecule has 0 bridgehead atoms. The van der Waals surface area contributed by atoms with E-state index in [1.165, 1.54) is 0 Å².